The van der Waals surface area contributed by atoms with Crippen LogP contribution in [-0.4, -0.2) is 32.3 Å². The SMILES string of the molecule is Cc1nnc2sc(CCNC(=O)Cc3cccc(F)c3)nn12. The van der Waals surface area contributed by atoms with Gasteiger partial charge in [0.2, 0.25) is 10.9 Å². The number of amides is 1. The predicted molar refractivity (Wildman–Crippen MR) is 80.2 cm³/mol. The fourth-order valence-corrected chi connectivity index (χ4v) is 2.94. The lowest BCUT2D eigenvalue weighted by Gasteiger charge is -2.04. The van der Waals surface area contributed by atoms with Crippen LogP contribution in [0, 0.1) is 12.7 Å². The first kappa shape index (κ1) is 14.6. The molecule has 0 saturated heterocycles. The van der Waals surface area contributed by atoms with Crippen LogP contribution in [0.2, 0.25) is 0 Å². The highest BCUT2D eigenvalue weighted by Gasteiger charge is 2.09. The highest BCUT2D eigenvalue weighted by atomic mass is 32.1. The Bertz CT molecular complexity index is 813. The van der Waals surface area contributed by atoms with Gasteiger partial charge in [0, 0.05) is 13.0 Å². The van der Waals surface area contributed by atoms with Gasteiger partial charge in [0.1, 0.15) is 10.8 Å². The molecule has 22 heavy (non-hydrogen) atoms. The fourth-order valence-electron chi connectivity index (χ4n) is 2.06. The summed E-state index contributed by atoms with van der Waals surface area (Å²) in [7, 11) is 0. The first-order valence-electron chi connectivity index (χ1n) is 6.80. The van der Waals surface area contributed by atoms with Crippen molar-refractivity contribution in [3.63, 3.8) is 0 Å². The molecule has 0 aliphatic rings. The van der Waals surface area contributed by atoms with E-state index in [2.05, 4.69) is 20.6 Å². The van der Waals surface area contributed by atoms with E-state index < -0.39 is 0 Å². The number of hydrogen-bond acceptors (Lipinski definition) is 5. The summed E-state index contributed by atoms with van der Waals surface area (Å²) in [4.78, 5) is 12.6. The van der Waals surface area contributed by atoms with E-state index in [-0.39, 0.29) is 18.1 Å². The van der Waals surface area contributed by atoms with Gasteiger partial charge in [0.25, 0.3) is 0 Å². The molecular weight excluding hydrogens is 305 g/mol. The third-order valence-corrected chi connectivity index (χ3v) is 4.06. The fraction of sp³-hybridized carbons (Fsp3) is 0.286. The molecule has 0 fully saturated rings. The Hall–Kier alpha value is -2.35. The average molecular weight is 319 g/mol. The van der Waals surface area contributed by atoms with Crippen molar-refractivity contribution in [3.05, 3.63) is 46.5 Å². The van der Waals surface area contributed by atoms with Crippen LogP contribution in [0.5, 0.6) is 0 Å². The number of carbonyl (C=O) groups excluding carboxylic acids is 1. The second kappa shape index (κ2) is 6.18. The highest BCUT2D eigenvalue weighted by Crippen LogP contribution is 2.13. The molecule has 0 saturated carbocycles. The molecule has 0 spiro atoms. The molecule has 0 unspecified atom stereocenters. The number of benzene rings is 1. The average Bonchev–Trinajstić information content (AvgIpc) is 3.01. The van der Waals surface area contributed by atoms with E-state index in [9.17, 15) is 9.18 Å². The lowest BCUT2D eigenvalue weighted by Crippen LogP contribution is -2.27. The topological polar surface area (TPSA) is 72.2 Å². The van der Waals surface area contributed by atoms with Crippen molar-refractivity contribution in [2.24, 2.45) is 0 Å². The molecule has 0 radical (unpaired) electrons. The van der Waals surface area contributed by atoms with Gasteiger partial charge in [0.15, 0.2) is 5.82 Å². The maximum atomic E-state index is 13.0. The summed E-state index contributed by atoms with van der Waals surface area (Å²) < 4.78 is 14.7. The first-order valence-corrected chi connectivity index (χ1v) is 7.62. The van der Waals surface area contributed by atoms with Crippen molar-refractivity contribution in [3.8, 4) is 0 Å². The lowest BCUT2D eigenvalue weighted by molar-refractivity contribution is -0.120. The maximum Gasteiger partial charge on any atom is 0.234 e. The number of nitrogens with one attached hydrogen (secondary N) is 1. The van der Waals surface area contributed by atoms with Gasteiger partial charge in [-0.3, -0.25) is 4.79 Å². The molecule has 1 N–H and O–H groups in total. The summed E-state index contributed by atoms with van der Waals surface area (Å²) in [5, 5.41) is 16.0. The molecule has 0 aliphatic carbocycles. The number of fused-ring (bicyclic) bond motifs is 1. The molecule has 1 amide bonds. The van der Waals surface area contributed by atoms with Gasteiger partial charge in [-0.1, -0.05) is 23.5 Å². The van der Waals surface area contributed by atoms with Gasteiger partial charge in [-0.15, -0.1) is 10.2 Å². The molecule has 6 nitrogen and oxygen atoms in total. The zero-order chi connectivity index (χ0) is 15.5. The van der Waals surface area contributed by atoms with Crippen molar-refractivity contribution in [1.82, 2.24) is 25.1 Å². The number of aromatic nitrogens is 4. The normalized spacial score (nSPS) is 11.0. The molecule has 0 bridgehead atoms. The number of carbonyl (C=O) groups is 1. The monoisotopic (exact) mass is 319 g/mol. The molecule has 8 heteroatoms. The van der Waals surface area contributed by atoms with E-state index in [1.807, 2.05) is 6.92 Å². The molecule has 0 atom stereocenters. The number of hydrogen-bond donors (Lipinski definition) is 1. The Morgan fingerprint density at radius 2 is 2.27 bits per heavy atom. The molecule has 0 aliphatic heterocycles. The third kappa shape index (κ3) is 3.28. The van der Waals surface area contributed by atoms with Crippen molar-refractivity contribution in [2.45, 2.75) is 19.8 Å². The standard InChI is InChI=1S/C14H14FN5OS/c1-9-17-18-14-20(9)19-13(22-14)5-6-16-12(21)8-10-3-2-4-11(15)7-10/h2-4,7H,5-6,8H2,1H3,(H,16,21). The Kier molecular flexibility index (Phi) is 4.10. The van der Waals surface area contributed by atoms with Crippen molar-refractivity contribution in [2.75, 3.05) is 6.54 Å². The molecule has 3 aromatic rings. The van der Waals surface area contributed by atoms with Gasteiger partial charge in [-0.25, -0.2) is 4.39 Å². The summed E-state index contributed by atoms with van der Waals surface area (Å²) in [6.07, 6.45) is 0.796. The van der Waals surface area contributed by atoms with Crippen LogP contribution in [0.1, 0.15) is 16.4 Å². The number of nitrogens with zero attached hydrogens (tertiary/aromatic N) is 4. The van der Waals surface area contributed by atoms with Crippen LogP contribution in [-0.2, 0) is 17.6 Å². The Labute approximate surface area is 130 Å². The molecule has 2 heterocycles. The summed E-state index contributed by atoms with van der Waals surface area (Å²) in [5.41, 5.74) is 0.659. The van der Waals surface area contributed by atoms with Gasteiger partial charge < -0.3 is 5.32 Å². The van der Waals surface area contributed by atoms with Gasteiger partial charge in [-0.2, -0.15) is 9.61 Å². The zero-order valence-electron chi connectivity index (χ0n) is 11.9. The van der Waals surface area contributed by atoms with E-state index in [4.69, 9.17) is 0 Å². The highest BCUT2D eigenvalue weighted by molar-refractivity contribution is 7.16. The molecular formula is C14H14FN5OS. The van der Waals surface area contributed by atoms with Crippen LogP contribution in [0.25, 0.3) is 4.96 Å². The predicted octanol–water partition coefficient (Wildman–Crippen LogP) is 1.53. The second-order valence-corrected chi connectivity index (χ2v) is 5.88. The van der Waals surface area contributed by atoms with Crippen LogP contribution < -0.4 is 5.32 Å². The summed E-state index contributed by atoms with van der Waals surface area (Å²) in [6, 6.07) is 6.05. The number of halogens is 1. The Morgan fingerprint density at radius 3 is 3.05 bits per heavy atom. The Morgan fingerprint density at radius 1 is 1.41 bits per heavy atom. The largest absolute Gasteiger partial charge is 0.355 e. The minimum atomic E-state index is -0.333. The molecule has 114 valence electrons. The van der Waals surface area contributed by atoms with Crippen molar-refractivity contribution in [1.29, 1.82) is 0 Å². The summed E-state index contributed by atoms with van der Waals surface area (Å²) in [5.74, 6) is 0.276. The second-order valence-electron chi connectivity index (χ2n) is 4.84. The van der Waals surface area contributed by atoms with E-state index in [1.165, 1.54) is 23.5 Å². The van der Waals surface area contributed by atoms with Crippen molar-refractivity contribution >= 4 is 22.2 Å². The quantitative estimate of drug-likeness (QED) is 0.774. The van der Waals surface area contributed by atoms with E-state index in [0.29, 0.717) is 18.5 Å². The maximum absolute atomic E-state index is 13.0. The minimum absolute atomic E-state index is 0.134. The smallest absolute Gasteiger partial charge is 0.234 e. The van der Waals surface area contributed by atoms with Gasteiger partial charge in [0.05, 0.1) is 6.42 Å². The summed E-state index contributed by atoms with van der Waals surface area (Å²) in [6.45, 7) is 2.32. The van der Waals surface area contributed by atoms with Crippen molar-refractivity contribution < 1.29 is 9.18 Å². The molecule has 1 aromatic carbocycles. The molecule has 2 aromatic heterocycles. The summed E-state index contributed by atoms with van der Waals surface area (Å²) >= 11 is 1.45. The van der Waals surface area contributed by atoms with Crippen LogP contribution >= 0.6 is 11.3 Å². The molecule has 3 rings (SSSR count). The van der Waals surface area contributed by atoms with Gasteiger partial charge in [-0.05, 0) is 24.6 Å². The lowest BCUT2D eigenvalue weighted by atomic mass is 10.1. The zero-order valence-corrected chi connectivity index (χ0v) is 12.7. The van der Waals surface area contributed by atoms with Crippen LogP contribution in [0.15, 0.2) is 24.3 Å². The first-order chi connectivity index (χ1) is 10.6. The van der Waals surface area contributed by atoms with Crippen LogP contribution in [0.3, 0.4) is 0 Å². The van der Waals surface area contributed by atoms with Gasteiger partial charge >= 0.3 is 0 Å². The van der Waals surface area contributed by atoms with Crippen LogP contribution in [0.4, 0.5) is 4.39 Å². The number of rotatable bonds is 5. The minimum Gasteiger partial charge on any atom is -0.355 e. The number of aryl methyl sites for hydroxylation is 1. The van der Waals surface area contributed by atoms with E-state index in [0.717, 1.165) is 15.8 Å². The van der Waals surface area contributed by atoms with E-state index >= 15 is 0 Å². The Balaban J connectivity index is 1.51. The van der Waals surface area contributed by atoms with E-state index in [1.54, 1.807) is 16.6 Å². The third-order valence-electron chi connectivity index (χ3n) is 3.10.